The van der Waals surface area contributed by atoms with Gasteiger partial charge in [0.2, 0.25) is 0 Å². The van der Waals surface area contributed by atoms with E-state index in [1.54, 1.807) is 6.08 Å². The number of aliphatic hydroxyl groups excluding tert-OH is 1. The van der Waals surface area contributed by atoms with E-state index >= 15 is 0 Å². The molecular weight excluding hydrogens is 444 g/mol. The van der Waals surface area contributed by atoms with Crippen molar-refractivity contribution in [1.29, 1.82) is 0 Å². The highest BCUT2D eigenvalue weighted by Crippen LogP contribution is 2.70. The van der Waals surface area contributed by atoms with Crippen LogP contribution in [0.3, 0.4) is 0 Å². The third kappa shape index (κ3) is 3.68. The van der Waals surface area contributed by atoms with Gasteiger partial charge in [-0.25, -0.2) is 4.79 Å². The highest BCUT2D eigenvalue weighted by molar-refractivity contribution is 5.85. The second kappa shape index (κ2) is 8.54. The van der Waals surface area contributed by atoms with Crippen LogP contribution in [0.4, 0.5) is 0 Å². The van der Waals surface area contributed by atoms with Crippen LogP contribution in [-0.4, -0.2) is 53.0 Å². The molecular formula is C29H44O6. The number of carbonyl (C=O) groups is 1. The lowest BCUT2D eigenvalue weighted by atomic mass is 9.43. The third-order valence-corrected chi connectivity index (χ3v) is 11.9. The number of hydrogen-bond donors (Lipinski definition) is 2. The lowest BCUT2D eigenvalue weighted by Crippen LogP contribution is -2.62. The Morgan fingerprint density at radius 1 is 1.00 bits per heavy atom. The van der Waals surface area contributed by atoms with E-state index in [1.165, 1.54) is 6.42 Å². The molecule has 196 valence electrons. The Balaban J connectivity index is 1.16. The molecule has 0 amide bonds. The minimum atomic E-state index is -0.651. The second-order valence-electron chi connectivity index (χ2n) is 13.2. The van der Waals surface area contributed by atoms with Crippen molar-refractivity contribution in [1.82, 2.24) is 0 Å². The molecule has 11 atom stereocenters. The average Bonchev–Trinajstić information content (AvgIpc) is 3.36. The van der Waals surface area contributed by atoms with Gasteiger partial charge < -0.3 is 24.4 Å². The van der Waals surface area contributed by atoms with E-state index in [4.69, 9.17) is 14.2 Å². The second-order valence-corrected chi connectivity index (χ2v) is 13.2. The van der Waals surface area contributed by atoms with Gasteiger partial charge in [-0.15, -0.1) is 0 Å². The summed E-state index contributed by atoms with van der Waals surface area (Å²) in [5.74, 6) is 1.56. The molecule has 4 aliphatic carbocycles. The summed E-state index contributed by atoms with van der Waals surface area (Å²) < 4.78 is 17.6. The van der Waals surface area contributed by atoms with E-state index in [0.29, 0.717) is 24.4 Å². The molecule has 1 saturated heterocycles. The summed E-state index contributed by atoms with van der Waals surface area (Å²) in [6, 6.07) is 0. The maximum absolute atomic E-state index is 12.4. The number of carbonyl (C=O) groups excluding carboxylic acids is 1. The van der Waals surface area contributed by atoms with E-state index in [9.17, 15) is 15.0 Å². The molecule has 4 saturated carbocycles. The Labute approximate surface area is 209 Å². The quantitative estimate of drug-likeness (QED) is 0.449. The van der Waals surface area contributed by atoms with Gasteiger partial charge in [0.05, 0.1) is 23.9 Å². The number of aliphatic hydroxyl groups is 2. The monoisotopic (exact) mass is 488 g/mol. The average molecular weight is 489 g/mol. The van der Waals surface area contributed by atoms with Gasteiger partial charge in [-0.1, -0.05) is 13.8 Å². The number of fused-ring (bicyclic) bond motifs is 5. The lowest BCUT2D eigenvalue weighted by Gasteiger charge is -2.63. The Hall–Kier alpha value is -0.950. The summed E-state index contributed by atoms with van der Waals surface area (Å²) in [5, 5.41) is 22.3. The number of hydrogen-bond acceptors (Lipinski definition) is 6. The summed E-state index contributed by atoms with van der Waals surface area (Å²) in [6.45, 7) is 7.14. The molecule has 6 heteroatoms. The van der Waals surface area contributed by atoms with Crippen LogP contribution in [0.25, 0.3) is 0 Å². The van der Waals surface area contributed by atoms with E-state index in [1.807, 2.05) is 6.92 Å². The molecule has 6 rings (SSSR count). The molecule has 0 aromatic rings. The van der Waals surface area contributed by atoms with Gasteiger partial charge in [-0.2, -0.15) is 0 Å². The fourth-order valence-corrected chi connectivity index (χ4v) is 9.75. The Bertz CT molecular complexity index is 886. The molecule has 0 spiro atoms. The van der Waals surface area contributed by atoms with Crippen LogP contribution in [0.5, 0.6) is 0 Å². The van der Waals surface area contributed by atoms with Crippen molar-refractivity contribution in [3.8, 4) is 0 Å². The van der Waals surface area contributed by atoms with Crippen molar-refractivity contribution < 1.29 is 29.2 Å². The van der Waals surface area contributed by atoms with Crippen LogP contribution < -0.4 is 0 Å². The van der Waals surface area contributed by atoms with Gasteiger partial charge in [0, 0.05) is 17.9 Å². The first-order valence-electron chi connectivity index (χ1n) is 14.2. The largest absolute Gasteiger partial charge is 0.458 e. The molecule has 2 heterocycles. The van der Waals surface area contributed by atoms with Crippen molar-refractivity contribution in [3.63, 3.8) is 0 Å². The molecule has 2 aliphatic heterocycles. The van der Waals surface area contributed by atoms with Crippen LogP contribution in [0.1, 0.15) is 91.4 Å². The lowest BCUT2D eigenvalue weighted by molar-refractivity contribution is -0.252. The van der Waals surface area contributed by atoms with Gasteiger partial charge in [-0.05, 0) is 106 Å². The van der Waals surface area contributed by atoms with Crippen molar-refractivity contribution in [3.05, 3.63) is 11.6 Å². The zero-order chi connectivity index (χ0) is 24.6. The van der Waals surface area contributed by atoms with Crippen LogP contribution in [0.15, 0.2) is 11.6 Å². The number of rotatable bonds is 3. The van der Waals surface area contributed by atoms with Crippen LogP contribution in [0.2, 0.25) is 0 Å². The van der Waals surface area contributed by atoms with E-state index in [2.05, 4.69) is 13.8 Å². The smallest absolute Gasteiger partial charge is 0.331 e. The molecule has 0 bridgehead atoms. The Morgan fingerprint density at radius 3 is 2.57 bits per heavy atom. The maximum Gasteiger partial charge on any atom is 0.331 e. The topological polar surface area (TPSA) is 85.2 Å². The number of esters is 1. The molecule has 0 aromatic carbocycles. The minimum absolute atomic E-state index is 0.157. The summed E-state index contributed by atoms with van der Waals surface area (Å²) in [5.41, 5.74) is 0.537. The number of cyclic esters (lactones) is 1. The minimum Gasteiger partial charge on any atom is -0.458 e. The van der Waals surface area contributed by atoms with Gasteiger partial charge in [0.15, 0.2) is 6.29 Å². The highest BCUT2D eigenvalue weighted by atomic mass is 16.7. The van der Waals surface area contributed by atoms with E-state index in [0.717, 1.165) is 69.8 Å². The van der Waals surface area contributed by atoms with Crippen LogP contribution in [-0.2, 0) is 19.0 Å². The SMILES string of the molecule is C[C@@H]1O[C@@H](O[C@H]2CC[C@@]3(C)[C@H](CC[C@@H]4[C@@H]3CC[C@]3(C)[C@@H](C5=CC(=O)OC5)CC[C@]43O)C2)CC[C@H]1O. The molecule has 2 N–H and O–H groups in total. The Kier molecular flexibility index (Phi) is 5.95. The van der Waals surface area contributed by atoms with Crippen molar-refractivity contribution in [2.45, 2.75) is 122 Å². The molecule has 35 heavy (non-hydrogen) atoms. The molecule has 0 aromatic heterocycles. The maximum atomic E-state index is 12.4. The highest BCUT2D eigenvalue weighted by Gasteiger charge is 2.67. The molecule has 0 unspecified atom stereocenters. The first-order chi connectivity index (χ1) is 16.6. The Morgan fingerprint density at radius 2 is 1.83 bits per heavy atom. The van der Waals surface area contributed by atoms with Crippen LogP contribution in [0, 0.1) is 34.5 Å². The predicted molar refractivity (Wildman–Crippen MR) is 130 cm³/mol. The van der Waals surface area contributed by atoms with Gasteiger partial charge in [-0.3, -0.25) is 0 Å². The van der Waals surface area contributed by atoms with Crippen molar-refractivity contribution in [2.24, 2.45) is 34.5 Å². The molecule has 5 fully saturated rings. The summed E-state index contributed by atoms with van der Waals surface area (Å²) in [4.78, 5) is 11.8. The zero-order valence-electron chi connectivity index (χ0n) is 21.7. The van der Waals surface area contributed by atoms with Crippen molar-refractivity contribution >= 4 is 5.97 Å². The first kappa shape index (κ1) is 24.4. The van der Waals surface area contributed by atoms with Crippen LogP contribution >= 0.6 is 0 Å². The summed E-state index contributed by atoms with van der Waals surface area (Å²) >= 11 is 0. The fraction of sp³-hybridized carbons (Fsp3) is 0.897. The zero-order valence-corrected chi connectivity index (χ0v) is 21.7. The van der Waals surface area contributed by atoms with Gasteiger partial charge in [0.25, 0.3) is 0 Å². The summed E-state index contributed by atoms with van der Waals surface area (Å²) in [7, 11) is 0. The normalized spacial score (nSPS) is 53.9. The van der Waals surface area contributed by atoms with E-state index in [-0.39, 0.29) is 47.3 Å². The van der Waals surface area contributed by atoms with E-state index < -0.39 is 5.60 Å². The summed E-state index contributed by atoms with van der Waals surface area (Å²) in [6.07, 6.45) is 12.3. The van der Waals surface area contributed by atoms with Gasteiger partial charge >= 0.3 is 5.97 Å². The molecule has 6 nitrogen and oxygen atoms in total. The van der Waals surface area contributed by atoms with Crippen molar-refractivity contribution in [2.75, 3.05) is 6.61 Å². The predicted octanol–water partition coefficient (Wildman–Crippen LogP) is 4.51. The van der Waals surface area contributed by atoms with Gasteiger partial charge in [0.1, 0.15) is 6.61 Å². The third-order valence-electron chi connectivity index (χ3n) is 11.9. The first-order valence-corrected chi connectivity index (χ1v) is 14.2. The molecule has 6 aliphatic rings. The molecule has 0 radical (unpaired) electrons. The fourth-order valence-electron chi connectivity index (χ4n) is 9.75. The number of ether oxygens (including phenoxy) is 3. The standard InChI is InChI=1S/C29H44O6/c1-17-24(30)6-7-26(34-17)35-20-8-11-27(2)19(15-20)4-5-23-22(27)9-12-28(3)21(10-13-29(23,28)32)18-14-25(31)33-16-18/h14,17,19-24,26,30,32H,4-13,15-16H2,1-3H3/t17-,19+,20-,21+,22-,23+,24+,26-,27-,28+,29-/m0/s1.